The van der Waals surface area contributed by atoms with Crippen molar-refractivity contribution in [3.8, 4) is 0 Å². The number of carbonyl (C=O) groups is 3. The molecule has 0 unspecified atom stereocenters. The molecule has 1 aromatic rings. The maximum atomic E-state index is 12.2. The van der Waals surface area contributed by atoms with E-state index in [9.17, 15) is 14.4 Å². The third kappa shape index (κ3) is 2.94. The number of nitrogens with one attached hydrogen (secondary N) is 1. The lowest BCUT2D eigenvalue weighted by Crippen LogP contribution is -2.30. The van der Waals surface area contributed by atoms with Gasteiger partial charge in [0.25, 0.3) is 5.91 Å². The van der Waals surface area contributed by atoms with Gasteiger partial charge < -0.3 is 10.1 Å². The minimum Gasteiger partial charge on any atom is -0.463 e. The molecule has 1 N–H and O–H groups in total. The van der Waals surface area contributed by atoms with Crippen molar-refractivity contribution in [1.29, 1.82) is 0 Å². The highest BCUT2D eigenvalue weighted by Gasteiger charge is 2.35. The molecule has 2 rings (SSSR count). The first-order valence-corrected chi connectivity index (χ1v) is 6.55. The number of urea groups is 1. The lowest BCUT2D eigenvalue weighted by molar-refractivity contribution is -0.137. The van der Waals surface area contributed by atoms with Crippen molar-refractivity contribution in [3.63, 3.8) is 0 Å². The molecule has 1 heterocycles. The second-order valence-corrected chi connectivity index (χ2v) is 4.65. The molecule has 110 valence electrons. The smallest absolute Gasteiger partial charge is 0.333 e. The van der Waals surface area contributed by atoms with Crippen molar-refractivity contribution >= 4 is 23.6 Å². The molecule has 0 atom stereocenters. The Morgan fingerprint density at radius 2 is 2.00 bits per heavy atom. The van der Waals surface area contributed by atoms with Crippen molar-refractivity contribution in [1.82, 2.24) is 5.32 Å². The van der Waals surface area contributed by atoms with Gasteiger partial charge in [0.15, 0.2) is 0 Å². The fourth-order valence-corrected chi connectivity index (χ4v) is 1.94. The van der Waals surface area contributed by atoms with Crippen LogP contribution < -0.4 is 10.2 Å². The highest BCUT2D eigenvalue weighted by molar-refractivity contribution is 6.27. The predicted molar refractivity (Wildman–Crippen MR) is 76.6 cm³/mol. The van der Waals surface area contributed by atoms with Crippen molar-refractivity contribution in [2.75, 3.05) is 11.5 Å². The van der Waals surface area contributed by atoms with Gasteiger partial charge in [-0.2, -0.15) is 0 Å². The number of benzene rings is 1. The van der Waals surface area contributed by atoms with Gasteiger partial charge in [-0.25, -0.2) is 14.5 Å². The number of esters is 1. The molecule has 6 heteroatoms. The maximum absolute atomic E-state index is 12.2. The first kappa shape index (κ1) is 14.8. The van der Waals surface area contributed by atoms with Gasteiger partial charge in [-0.1, -0.05) is 6.07 Å². The van der Waals surface area contributed by atoms with E-state index >= 15 is 0 Å². The zero-order valence-electron chi connectivity index (χ0n) is 12.1. The van der Waals surface area contributed by atoms with E-state index in [4.69, 9.17) is 4.74 Å². The normalized spacial score (nSPS) is 16.3. The molecule has 21 heavy (non-hydrogen) atoms. The SMILES string of the molecule is CCOC(=O)C=C1NC(=O)N(c2ccc(C)c(C)c2)C1=O. The van der Waals surface area contributed by atoms with E-state index < -0.39 is 17.9 Å². The van der Waals surface area contributed by atoms with Crippen LogP contribution in [0.25, 0.3) is 0 Å². The fourth-order valence-electron chi connectivity index (χ4n) is 1.94. The van der Waals surface area contributed by atoms with E-state index in [1.165, 1.54) is 0 Å². The van der Waals surface area contributed by atoms with E-state index in [2.05, 4.69) is 5.32 Å². The first-order chi connectivity index (χ1) is 9.93. The summed E-state index contributed by atoms with van der Waals surface area (Å²) in [4.78, 5) is 36.5. The van der Waals surface area contributed by atoms with Gasteiger partial charge in [0.1, 0.15) is 5.70 Å². The van der Waals surface area contributed by atoms with Gasteiger partial charge in [0.2, 0.25) is 0 Å². The van der Waals surface area contributed by atoms with Gasteiger partial charge >= 0.3 is 12.0 Å². The van der Waals surface area contributed by atoms with E-state index in [1.54, 1.807) is 19.1 Å². The topological polar surface area (TPSA) is 75.7 Å². The second-order valence-electron chi connectivity index (χ2n) is 4.65. The average molecular weight is 288 g/mol. The second kappa shape index (κ2) is 5.78. The monoisotopic (exact) mass is 288 g/mol. The number of amides is 3. The summed E-state index contributed by atoms with van der Waals surface area (Å²) in [5.41, 5.74) is 2.41. The molecule has 0 spiro atoms. The maximum Gasteiger partial charge on any atom is 0.333 e. The van der Waals surface area contributed by atoms with Crippen LogP contribution in [0.15, 0.2) is 30.0 Å². The van der Waals surface area contributed by atoms with Crippen LogP contribution in [0.1, 0.15) is 18.1 Å². The summed E-state index contributed by atoms with van der Waals surface area (Å²) in [6, 6.07) is 4.68. The Balaban J connectivity index is 2.30. The third-order valence-electron chi connectivity index (χ3n) is 3.18. The summed E-state index contributed by atoms with van der Waals surface area (Å²) in [5.74, 6) is -1.24. The molecule has 1 aliphatic rings. The molecule has 0 aliphatic carbocycles. The zero-order valence-corrected chi connectivity index (χ0v) is 12.1. The van der Waals surface area contributed by atoms with Crippen molar-refractivity contribution in [2.24, 2.45) is 0 Å². The third-order valence-corrected chi connectivity index (χ3v) is 3.18. The van der Waals surface area contributed by atoms with E-state index in [-0.39, 0.29) is 12.3 Å². The summed E-state index contributed by atoms with van der Waals surface area (Å²) >= 11 is 0. The molecule has 0 aromatic heterocycles. The lowest BCUT2D eigenvalue weighted by Gasteiger charge is -2.13. The Kier molecular flexibility index (Phi) is 4.07. The van der Waals surface area contributed by atoms with E-state index in [0.29, 0.717) is 5.69 Å². The van der Waals surface area contributed by atoms with E-state index in [1.807, 2.05) is 19.9 Å². The highest BCUT2D eigenvalue weighted by Crippen LogP contribution is 2.23. The number of imide groups is 1. The van der Waals surface area contributed by atoms with Gasteiger partial charge in [-0.3, -0.25) is 4.79 Å². The number of aryl methyl sites for hydroxylation is 2. The standard InChI is InChI=1S/C15H16N2O4/c1-4-21-13(18)8-12-14(19)17(15(20)16-12)11-6-5-9(2)10(3)7-11/h5-8H,4H2,1-3H3,(H,16,20). The van der Waals surface area contributed by atoms with Crippen LogP contribution in [-0.4, -0.2) is 24.5 Å². The van der Waals surface area contributed by atoms with Crippen molar-refractivity contribution < 1.29 is 19.1 Å². The molecule has 0 saturated carbocycles. The number of anilines is 1. The molecule has 1 aromatic carbocycles. The van der Waals surface area contributed by atoms with Gasteiger partial charge in [-0.15, -0.1) is 0 Å². The van der Waals surface area contributed by atoms with Crippen LogP contribution in [0.3, 0.4) is 0 Å². The molecule has 0 radical (unpaired) electrons. The number of hydrogen-bond acceptors (Lipinski definition) is 4. The van der Waals surface area contributed by atoms with Crippen LogP contribution in [0.2, 0.25) is 0 Å². The Morgan fingerprint density at radius 3 is 2.62 bits per heavy atom. The van der Waals surface area contributed by atoms with Crippen LogP contribution in [0, 0.1) is 13.8 Å². The minimum absolute atomic E-state index is 0.0864. The summed E-state index contributed by atoms with van der Waals surface area (Å²) in [6.45, 7) is 5.70. The van der Waals surface area contributed by atoms with Crippen molar-refractivity contribution in [2.45, 2.75) is 20.8 Å². The van der Waals surface area contributed by atoms with Crippen LogP contribution in [0.4, 0.5) is 10.5 Å². The molecule has 1 aliphatic heterocycles. The molecular weight excluding hydrogens is 272 g/mol. The van der Waals surface area contributed by atoms with Gasteiger partial charge in [0.05, 0.1) is 18.4 Å². The van der Waals surface area contributed by atoms with Crippen LogP contribution in [-0.2, 0) is 14.3 Å². The largest absolute Gasteiger partial charge is 0.463 e. The van der Waals surface area contributed by atoms with E-state index in [0.717, 1.165) is 22.1 Å². The summed E-state index contributed by atoms with van der Waals surface area (Å²) < 4.78 is 4.73. The number of nitrogens with zero attached hydrogens (tertiary/aromatic N) is 1. The Morgan fingerprint density at radius 1 is 1.29 bits per heavy atom. The van der Waals surface area contributed by atoms with Gasteiger partial charge in [-0.05, 0) is 44.0 Å². The molecule has 0 bridgehead atoms. The first-order valence-electron chi connectivity index (χ1n) is 6.55. The van der Waals surface area contributed by atoms with Crippen LogP contribution in [0.5, 0.6) is 0 Å². The molecule has 1 saturated heterocycles. The number of rotatable bonds is 3. The molecule has 1 fully saturated rings. The molecule has 3 amide bonds. The van der Waals surface area contributed by atoms with Crippen LogP contribution >= 0.6 is 0 Å². The lowest BCUT2D eigenvalue weighted by atomic mass is 10.1. The predicted octanol–water partition coefficient (Wildman–Crippen LogP) is 1.81. The average Bonchev–Trinajstić information content (AvgIpc) is 2.68. The zero-order chi connectivity index (χ0) is 15.6. The molecular formula is C15H16N2O4. The number of hydrogen-bond donors (Lipinski definition) is 1. The Labute approximate surface area is 122 Å². The Bertz CT molecular complexity index is 649. The quantitative estimate of drug-likeness (QED) is 0.523. The highest BCUT2D eigenvalue weighted by atomic mass is 16.5. The Hall–Kier alpha value is -2.63. The fraction of sp³-hybridized carbons (Fsp3) is 0.267. The summed E-state index contributed by atoms with van der Waals surface area (Å²) in [7, 11) is 0. The number of ether oxygens (including phenoxy) is 1. The van der Waals surface area contributed by atoms with Gasteiger partial charge in [0, 0.05) is 0 Å². The summed E-state index contributed by atoms with van der Waals surface area (Å²) in [5, 5.41) is 2.37. The van der Waals surface area contributed by atoms with Crippen molar-refractivity contribution in [3.05, 3.63) is 41.1 Å². The minimum atomic E-state index is -0.664. The molecule has 6 nitrogen and oxygen atoms in total. The number of carbonyl (C=O) groups excluding carboxylic acids is 3. The summed E-state index contributed by atoms with van der Waals surface area (Å²) in [6.07, 6.45) is 0.991.